The van der Waals surface area contributed by atoms with Crippen molar-refractivity contribution in [1.82, 2.24) is 10.6 Å². The third-order valence-corrected chi connectivity index (χ3v) is 4.10. The zero-order chi connectivity index (χ0) is 16.8. The molecule has 1 heterocycles. The first-order valence-electron chi connectivity index (χ1n) is 7.02. The molecule has 0 aliphatic carbocycles. The van der Waals surface area contributed by atoms with Gasteiger partial charge in [-0.1, -0.05) is 18.2 Å². The van der Waals surface area contributed by atoms with Gasteiger partial charge in [0, 0.05) is 0 Å². The van der Waals surface area contributed by atoms with Gasteiger partial charge < -0.3 is 15.7 Å². The molecule has 0 saturated heterocycles. The lowest BCUT2D eigenvalue weighted by Gasteiger charge is -2.20. The van der Waals surface area contributed by atoms with Crippen LogP contribution in [0.3, 0.4) is 0 Å². The highest BCUT2D eigenvalue weighted by atomic mass is 32.1. The lowest BCUT2D eigenvalue weighted by Crippen LogP contribution is -2.43. The van der Waals surface area contributed by atoms with E-state index in [2.05, 4.69) is 10.6 Å². The van der Waals surface area contributed by atoms with Gasteiger partial charge in [-0.25, -0.2) is 4.39 Å². The summed E-state index contributed by atoms with van der Waals surface area (Å²) in [5.41, 5.74) is 0.502. The highest BCUT2D eigenvalue weighted by molar-refractivity contribution is 7.12. The predicted molar refractivity (Wildman–Crippen MR) is 85.6 cm³/mol. The lowest BCUT2D eigenvalue weighted by atomic mass is 10.0. The molecule has 0 aliphatic rings. The molecule has 0 radical (unpaired) electrons. The van der Waals surface area contributed by atoms with Crippen LogP contribution in [0.1, 0.15) is 28.3 Å². The van der Waals surface area contributed by atoms with E-state index in [0.717, 1.165) is 0 Å². The van der Waals surface area contributed by atoms with Crippen molar-refractivity contribution in [3.63, 3.8) is 0 Å². The van der Waals surface area contributed by atoms with Crippen molar-refractivity contribution in [1.29, 1.82) is 0 Å². The number of thiophene rings is 1. The summed E-state index contributed by atoms with van der Waals surface area (Å²) in [6.45, 7) is 1.45. The number of rotatable bonds is 6. The third kappa shape index (κ3) is 4.87. The van der Waals surface area contributed by atoms with Crippen molar-refractivity contribution < 1.29 is 19.1 Å². The quantitative estimate of drug-likeness (QED) is 0.753. The molecule has 2 rings (SSSR count). The van der Waals surface area contributed by atoms with Crippen LogP contribution in [0.25, 0.3) is 0 Å². The highest BCUT2D eigenvalue weighted by Gasteiger charge is 2.19. The van der Waals surface area contributed by atoms with Gasteiger partial charge in [-0.15, -0.1) is 11.3 Å². The number of carbonyl (C=O) groups is 2. The number of aliphatic hydroxyl groups excluding tert-OH is 1. The number of carbonyl (C=O) groups excluding carboxylic acids is 2. The summed E-state index contributed by atoms with van der Waals surface area (Å²) in [5, 5.41) is 17.0. The Morgan fingerprint density at radius 2 is 1.96 bits per heavy atom. The molecule has 2 amide bonds. The highest BCUT2D eigenvalue weighted by Crippen LogP contribution is 2.17. The summed E-state index contributed by atoms with van der Waals surface area (Å²) in [4.78, 5) is 24.1. The van der Waals surface area contributed by atoms with Crippen molar-refractivity contribution >= 4 is 23.2 Å². The van der Waals surface area contributed by atoms with Gasteiger partial charge in [0.15, 0.2) is 0 Å². The number of nitrogens with one attached hydrogen (secondary N) is 2. The van der Waals surface area contributed by atoms with Crippen molar-refractivity contribution in [2.45, 2.75) is 19.1 Å². The molecule has 0 spiro atoms. The molecule has 1 aromatic heterocycles. The molecule has 0 fully saturated rings. The Hall–Kier alpha value is -2.25. The number of benzene rings is 1. The van der Waals surface area contributed by atoms with E-state index in [1.165, 1.54) is 35.6 Å². The largest absolute Gasteiger partial charge is 0.386 e. The Morgan fingerprint density at radius 3 is 2.57 bits per heavy atom. The molecular formula is C16H17FN2O3S. The maximum atomic E-state index is 12.9. The Balaban J connectivity index is 1.82. The van der Waals surface area contributed by atoms with Crippen LogP contribution in [0.5, 0.6) is 0 Å². The number of halogens is 1. The molecule has 0 bridgehead atoms. The second-order valence-corrected chi connectivity index (χ2v) is 5.96. The van der Waals surface area contributed by atoms with Crippen molar-refractivity contribution in [3.05, 3.63) is 58.0 Å². The van der Waals surface area contributed by atoms with E-state index >= 15 is 0 Å². The first-order valence-corrected chi connectivity index (χ1v) is 7.90. The topological polar surface area (TPSA) is 78.4 Å². The first kappa shape index (κ1) is 17.1. The summed E-state index contributed by atoms with van der Waals surface area (Å²) >= 11 is 1.29. The molecule has 3 N–H and O–H groups in total. The summed E-state index contributed by atoms with van der Waals surface area (Å²) in [6.07, 6.45) is -0.965. The minimum Gasteiger partial charge on any atom is -0.386 e. The predicted octanol–water partition coefficient (Wildman–Crippen LogP) is 1.86. The molecule has 1 aromatic carbocycles. The fraction of sp³-hybridized carbons (Fsp3) is 0.250. The Bertz CT molecular complexity index is 658. The van der Waals surface area contributed by atoms with Gasteiger partial charge in [-0.05, 0) is 36.1 Å². The van der Waals surface area contributed by atoms with Crippen LogP contribution in [0.2, 0.25) is 0 Å². The van der Waals surface area contributed by atoms with Gasteiger partial charge in [0.05, 0.1) is 23.6 Å². The van der Waals surface area contributed by atoms with Gasteiger partial charge in [-0.2, -0.15) is 0 Å². The van der Waals surface area contributed by atoms with Crippen molar-refractivity contribution in [3.8, 4) is 0 Å². The van der Waals surface area contributed by atoms with Gasteiger partial charge >= 0.3 is 0 Å². The molecule has 0 unspecified atom stereocenters. The third-order valence-electron chi connectivity index (χ3n) is 3.23. The number of aliphatic hydroxyl groups is 1. The van der Waals surface area contributed by atoms with E-state index in [1.807, 2.05) is 0 Å². The number of hydrogen-bond acceptors (Lipinski definition) is 4. The summed E-state index contributed by atoms with van der Waals surface area (Å²) in [7, 11) is 0. The Kier molecular flexibility index (Phi) is 5.84. The monoisotopic (exact) mass is 336 g/mol. The fourth-order valence-corrected chi connectivity index (χ4v) is 2.63. The minimum absolute atomic E-state index is 0.183. The van der Waals surface area contributed by atoms with Crippen LogP contribution >= 0.6 is 11.3 Å². The summed E-state index contributed by atoms with van der Waals surface area (Å²) < 4.78 is 12.9. The maximum absolute atomic E-state index is 12.9. The SMILES string of the molecule is C[C@H](NC(=O)CNC(=O)c1cccs1)[C@H](O)c1ccc(F)cc1. The van der Waals surface area contributed by atoms with Crippen LogP contribution in [-0.2, 0) is 4.79 Å². The van der Waals surface area contributed by atoms with E-state index in [-0.39, 0.29) is 12.5 Å². The van der Waals surface area contributed by atoms with Gasteiger partial charge in [0.1, 0.15) is 5.82 Å². The van der Waals surface area contributed by atoms with E-state index in [4.69, 9.17) is 0 Å². The van der Waals surface area contributed by atoms with E-state index < -0.39 is 23.9 Å². The molecule has 2 atom stereocenters. The zero-order valence-corrected chi connectivity index (χ0v) is 13.3. The van der Waals surface area contributed by atoms with Crippen LogP contribution in [0, 0.1) is 5.82 Å². The molecular weight excluding hydrogens is 319 g/mol. The molecule has 122 valence electrons. The molecule has 23 heavy (non-hydrogen) atoms. The van der Waals surface area contributed by atoms with Gasteiger partial charge in [0.2, 0.25) is 5.91 Å². The Morgan fingerprint density at radius 1 is 1.26 bits per heavy atom. The molecule has 0 aliphatic heterocycles. The summed E-state index contributed by atoms with van der Waals surface area (Å²) in [6, 6.07) is 8.25. The van der Waals surface area contributed by atoms with Gasteiger partial charge in [0.25, 0.3) is 5.91 Å². The number of hydrogen-bond donors (Lipinski definition) is 3. The smallest absolute Gasteiger partial charge is 0.261 e. The maximum Gasteiger partial charge on any atom is 0.261 e. The van der Waals surface area contributed by atoms with E-state index in [1.54, 1.807) is 24.4 Å². The van der Waals surface area contributed by atoms with Crippen LogP contribution in [-0.4, -0.2) is 29.5 Å². The van der Waals surface area contributed by atoms with Crippen molar-refractivity contribution in [2.75, 3.05) is 6.54 Å². The van der Waals surface area contributed by atoms with Gasteiger partial charge in [-0.3, -0.25) is 9.59 Å². The lowest BCUT2D eigenvalue weighted by molar-refractivity contribution is -0.121. The van der Waals surface area contributed by atoms with Crippen molar-refractivity contribution in [2.24, 2.45) is 0 Å². The van der Waals surface area contributed by atoms with Crippen LogP contribution in [0.4, 0.5) is 4.39 Å². The standard InChI is InChI=1S/C16H17FN2O3S/c1-10(15(21)11-4-6-12(17)7-5-11)19-14(20)9-18-16(22)13-3-2-8-23-13/h2-8,10,15,21H,9H2,1H3,(H,18,22)(H,19,20)/t10-,15-/m0/s1. The second-order valence-electron chi connectivity index (χ2n) is 5.01. The van der Waals surface area contributed by atoms with Crippen LogP contribution < -0.4 is 10.6 Å². The van der Waals surface area contributed by atoms with E-state index in [0.29, 0.717) is 10.4 Å². The average molecular weight is 336 g/mol. The second kappa shape index (κ2) is 7.85. The number of amides is 2. The minimum atomic E-state index is -0.965. The molecule has 2 aromatic rings. The summed E-state index contributed by atoms with van der Waals surface area (Å²) in [5.74, 6) is -1.13. The van der Waals surface area contributed by atoms with Crippen LogP contribution in [0.15, 0.2) is 41.8 Å². The first-order chi connectivity index (χ1) is 11.0. The average Bonchev–Trinajstić information content (AvgIpc) is 3.07. The zero-order valence-electron chi connectivity index (χ0n) is 12.5. The fourth-order valence-electron chi connectivity index (χ4n) is 1.99. The van der Waals surface area contributed by atoms with E-state index in [9.17, 15) is 19.1 Å². The molecule has 5 nitrogen and oxygen atoms in total. The molecule has 0 saturated carbocycles. The Labute approximate surface area is 137 Å². The molecule has 7 heteroatoms. The normalized spacial score (nSPS) is 13.2.